The van der Waals surface area contributed by atoms with Crippen molar-refractivity contribution in [1.82, 2.24) is 0 Å². The van der Waals surface area contributed by atoms with Crippen LogP contribution >= 0.6 is 0 Å². The lowest BCUT2D eigenvalue weighted by atomic mass is 10.6. The van der Waals surface area contributed by atoms with E-state index >= 15 is 0 Å². The molecule has 0 aliphatic heterocycles. The van der Waals surface area contributed by atoms with Gasteiger partial charge in [-0.1, -0.05) is 0 Å². The molecular formula is C5H12O. The molecule has 0 spiro atoms. The SMILES string of the molecule is COC([13CH3])([13CH3])[13CH3]. The van der Waals surface area contributed by atoms with E-state index in [1.807, 2.05) is 20.8 Å². The lowest BCUT2D eigenvalue weighted by molar-refractivity contribution is 0.0397. The summed E-state index contributed by atoms with van der Waals surface area (Å²) in [6.07, 6.45) is 0. The van der Waals surface area contributed by atoms with Gasteiger partial charge in [0.25, 0.3) is 0 Å². The minimum Gasteiger partial charge on any atom is -0.379 e. The van der Waals surface area contributed by atoms with Crippen molar-refractivity contribution in [2.75, 3.05) is 7.11 Å². The summed E-state index contributed by atoms with van der Waals surface area (Å²) in [6.45, 7) is 6.06. The second kappa shape index (κ2) is 1.61. The van der Waals surface area contributed by atoms with Crippen molar-refractivity contribution in [3.8, 4) is 0 Å². The van der Waals surface area contributed by atoms with E-state index < -0.39 is 0 Å². The number of hydrogen-bond donors (Lipinski definition) is 0. The normalized spacial score (nSPS) is 12.0. The van der Waals surface area contributed by atoms with E-state index in [9.17, 15) is 0 Å². The molecule has 0 bridgehead atoms. The van der Waals surface area contributed by atoms with Crippen LogP contribution in [0.2, 0.25) is 0 Å². The third-order valence-electron chi connectivity index (χ3n) is 0.612. The summed E-state index contributed by atoms with van der Waals surface area (Å²) in [5, 5.41) is 0. The average molecular weight is 91.1 g/mol. The third kappa shape index (κ3) is 3.96. The molecule has 0 amide bonds. The number of hydrogen-bond acceptors (Lipinski definition) is 1. The van der Waals surface area contributed by atoms with Crippen molar-refractivity contribution in [3.63, 3.8) is 0 Å². The Morgan fingerprint density at radius 3 is 1.33 bits per heavy atom. The first-order chi connectivity index (χ1) is 2.56. The first-order valence-corrected chi connectivity index (χ1v) is 2.11. The monoisotopic (exact) mass is 91.1 g/mol. The van der Waals surface area contributed by atoms with Crippen molar-refractivity contribution in [1.29, 1.82) is 0 Å². The van der Waals surface area contributed by atoms with Gasteiger partial charge in [0, 0.05) is 7.11 Å². The van der Waals surface area contributed by atoms with E-state index in [0.29, 0.717) is 0 Å². The molecule has 38 valence electrons. The lowest BCUT2D eigenvalue weighted by Crippen LogP contribution is -2.15. The summed E-state index contributed by atoms with van der Waals surface area (Å²) < 4.78 is 4.94. The van der Waals surface area contributed by atoms with Crippen LogP contribution in [0.4, 0.5) is 0 Å². The molecule has 0 atom stereocenters. The minimum absolute atomic E-state index is 0.0417. The molecule has 0 aromatic carbocycles. The predicted octanol–water partition coefficient (Wildman–Crippen LogP) is 1.43. The zero-order valence-corrected chi connectivity index (χ0v) is 4.91. The molecule has 0 N–H and O–H groups in total. The molecule has 0 saturated carbocycles. The van der Waals surface area contributed by atoms with Gasteiger partial charge in [-0.3, -0.25) is 0 Å². The standard InChI is InChI=1S/C5H12O/c1-5(2,3)6-4/h1-4H3/i1+1,2+1,3+1. The van der Waals surface area contributed by atoms with E-state index in [0.717, 1.165) is 0 Å². The fourth-order valence-electron chi connectivity index (χ4n) is 0. The lowest BCUT2D eigenvalue weighted by Gasteiger charge is -2.14. The van der Waals surface area contributed by atoms with Gasteiger partial charge in [-0.05, 0) is 20.8 Å². The van der Waals surface area contributed by atoms with Crippen LogP contribution in [-0.2, 0) is 4.74 Å². The highest BCUT2D eigenvalue weighted by atomic mass is 16.5. The Morgan fingerprint density at radius 1 is 1.17 bits per heavy atom. The summed E-state index contributed by atoms with van der Waals surface area (Å²) in [5.41, 5.74) is 0.0417. The maximum Gasteiger partial charge on any atom is 0.0594 e. The highest BCUT2D eigenvalue weighted by Gasteiger charge is 2.03. The summed E-state index contributed by atoms with van der Waals surface area (Å²) in [6, 6.07) is 0. The highest BCUT2D eigenvalue weighted by Crippen LogP contribution is 2.02. The van der Waals surface area contributed by atoms with Crippen molar-refractivity contribution in [2.24, 2.45) is 0 Å². The maximum atomic E-state index is 4.94. The Labute approximate surface area is 39.3 Å². The molecule has 1 heteroatoms. The smallest absolute Gasteiger partial charge is 0.0594 e. The third-order valence-corrected chi connectivity index (χ3v) is 0.612. The van der Waals surface area contributed by atoms with E-state index in [4.69, 9.17) is 4.74 Å². The molecule has 0 saturated heterocycles. The van der Waals surface area contributed by atoms with E-state index in [2.05, 4.69) is 0 Å². The summed E-state index contributed by atoms with van der Waals surface area (Å²) in [7, 11) is 1.71. The average Bonchev–Trinajstić information content (AvgIpc) is 1.35. The largest absolute Gasteiger partial charge is 0.379 e. The topological polar surface area (TPSA) is 9.23 Å². The zero-order valence-electron chi connectivity index (χ0n) is 4.91. The van der Waals surface area contributed by atoms with Crippen LogP contribution in [0.25, 0.3) is 0 Å². The van der Waals surface area contributed by atoms with Gasteiger partial charge in [0.2, 0.25) is 0 Å². The Morgan fingerprint density at radius 2 is 1.33 bits per heavy atom. The predicted molar refractivity (Wildman–Crippen MR) is 26.8 cm³/mol. The summed E-state index contributed by atoms with van der Waals surface area (Å²) in [4.78, 5) is 0. The zero-order chi connectivity index (χ0) is 5.21. The van der Waals surface area contributed by atoms with Gasteiger partial charge in [-0.25, -0.2) is 0 Å². The van der Waals surface area contributed by atoms with Crippen molar-refractivity contribution >= 4 is 0 Å². The van der Waals surface area contributed by atoms with E-state index in [-0.39, 0.29) is 5.60 Å². The molecule has 0 aliphatic rings. The highest BCUT2D eigenvalue weighted by molar-refractivity contribution is 4.55. The molecule has 0 rings (SSSR count). The summed E-state index contributed by atoms with van der Waals surface area (Å²) >= 11 is 0. The second-order valence-corrected chi connectivity index (χ2v) is 2.32. The molecule has 0 unspecified atom stereocenters. The molecule has 0 fully saturated rings. The molecule has 0 aliphatic carbocycles. The van der Waals surface area contributed by atoms with Gasteiger partial charge in [-0.2, -0.15) is 0 Å². The van der Waals surface area contributed by atoms with Crippen molar-refractivity contribution in [3.05, 3.63) is 0 Å². The molecule has 1 nitrogen and oxygen atoms in total. The molecule has 0 aromatic rings. The Balaban J connectivity index is 3.17. The maximum absolute atomic E-state index is 4.94. The molecule has 0 heterocycles. The molecule has 0 radical (unpaired) electrons. The quantitative estimate of drug-likeness (QED) is 0.410. The van der Waals surface area contributed by atoms with E-state index in [1.54, 1.807) is 7.11 Å². The Bertz CT molecular complexity index is 33.7. The second-order valence-electron chi connectivity index (χ2n) is 2.32. The van der Waals surface area contributed by atoms with Gasteiger partial charge in [0.05, 0.1) is 5.60 Å². The fraction of sp³-hybridized carbons (Fsp3) is 1.00. The minimum atomic E-state index is 0.0417. The molecule has 0 aromatic heterocycles. The Hall–Kier alpha value is -0.0400. The van der Waals surface area contributed by atoms with Gasteiger partial charge in [0.15, 0.2) is 0 Å². The number of methoxy groups -OCH3 is 1. The number of rotatable bonds is 0. The van der Waals surface area contributed by atoms with Crippen LogP contribution < -0.4 is 0 Å². The Kier molecular flexibility index (Phi) is 1.59. The number of ether oxygens (including phenoxy) is 1. The molecular weight excluding hydrogens is 79.0 g/mol. The van der Waals surface area contributed by atoms with Crippen molar-refractivity contribution < 1.29 is 4.74 Å². The van der Waals surface area contributed by atoms with E-state index in [1.165, 1.54) is 0 Å². The first-order valence-electron chi connectivity index (χ1n) is 2.11. The van der Waals surface area contributed by atoms with Crippen molar-refractivity contribution in [2.45, 2.75) is 26.4 Å². The van der Waals surface area contributed by atoms with Crippen LogP contribution in [0, 0.1) is 0 Å². The van der Waals surface area contributed by atoms with Crippen LogP contribution in [0.1, 0.15) is 20.8 Å². The van der Waals surface area contributed by atoms with Crippen LogP contribution in [-0.4, -0.2) is 12.7 Å². The first kappa shape index (κ1) is 5.96. The van der Waals surface area contributed by atoms with Gasteiger partial charge in [-0.15, -0.1) is 0 Å². The van der Waals surface area contributed by atoms with Crippen LogP contribution in [0.3, 0.4) is 0 Å². The van der Waals surface area contributed by atoms with Gasteiger partial charge < -0.3 is 4.74 Å². The van der Waals surface area contributed by atoms with Gasteiger partial charge >= 0.3 is 0 Å². The van der Waals surface area contributed by atoms with Crippen LogP contribution in [0.5, 0.6) is 0 Å². The summed E-state index contributed by atoms with van der Waals surface area (Å²) in [5.74, 6) is 0. The van der Waals surface area contributed by atoms with Gasteiger partial charge in [0.1, 0.15) is 0 Å². The van der Waals surface area contributed by atoms with Crippen LogP contribution in [0.15, 0.2) is 0 Å². The molecule has 6 heavy (non-hydrogen) atoms. The fourth-order valence-corrected chi connectivity index (χ4v) is 0.